The molecule has 114 valence electrons. The number of nitrogens with zero attached hydrogens (tertiary/aromatic N) is 1. The van der Waals surface area contributed by atoms with Gasteiger partial charge in [-0.3, -0.25) is 0 Å². The normalized spacial score (nSPS) is 12.1. The minimum absolute atomic E-state index is 0.0825. The Bertz CT molecular complexity index is 564. The maximum Gasteiger partial charge on any atom is 0.246 e. The average molecular weight is 326 g/mol. The molecule has 0 spiro atoms. The van der Waals surface area contributed by atoms with Crippen molar-refractivity contribution in [2.24, 2.45) is 0 Å². The van der Waals surface area contributed by atoms with Gasteiger partial charge in [0.25, 0.3) is 0 Å². The molecule has 0 amide bonds. The zero-order valence-corrected chi connectivity index (χ0v) is 13.1. The summed E-state index contributed by atoms with van der Waals surface area (Å²) in [6.07, 6.45) is 1.47. The minimum Gasteiger partial charge on any atom is -0.207 e. The lowest BCUT2D eigenvalue weighted by Crippen LogP contribution is -2.32. The molecule has 0 aliphatic heterocycles. The molecule has 1 rings (SSSR count). The van der Waals surface area contributed by atoms with E-state index in [2.05, 4.69) is 0 Å². The summed E-state index contributed by atoms with van der Waals surface area (Å²) >= 11 is 5.57. The van der Waals surface area contributed by atoms with Gasteiger partial charge < -0.3 is 0 Å². The third kappa shape index (κ3) is 3.68. The summed E-state index contributed by atoms with van der Waals surface area (Å²) in [5.41, 5.74) is 0.232. The van der Waals surface area contributed by atoms with Gasteiger partial charge in [0.2, 0.25) is 10.0 Å². The number of unbranched alkanes of at least 4 members (excludes halogenated alkanes) is 1. The second kappa shape index (κ2) is 7.33. The van der Waals surface area contributed by atoms with Gasteiger partial charge in [0.05, 0.1) is 0 Å². The lowest BCUT2D eigenvalue weighted by molar-refractivity contribution is 0.410. The molecule has 0 saturated heterocycles. The van der Waals surface area contributed by atoms with Crippen LogP contribution in [0.4, 0.5) is 8.78 Å². The van der Waals surface area contributed by atoms with E-state index >= 15 is 0 Å². The molecule has 0 aromatic heterocycles. The Kier molecular flexibility index (Phi) is 6.36. The molecule has 0 unspecified atom stereocenters. The molecule has 7 heteroatoms. The van der Waals surface area contributed by atoms with Gasteiger partial charge in [-0.1, -0.05) is 20.3 Å². The smallest absolute Gasteiger partial charge is 0.207 e. The van der Waals surface area contributed by atoms with Gasteiger partial charge in [0.15, 0.2) is 11.6 Å². The third-order valence-corrected chi connectivity index (χ3v) is 5.22. The highest BCUT2D eigenvalue weighted by Crippen LogP contribution is 2.24. The number of alkyl halides is 1. The molecular weight excluding hydrogens is 308 g/mol. The van der Waals surface area contributed by atoms with Crippen molar-refractivity contribution in [3.05, 3.63) is 29.3 Å². The van der Waals surface area contributed by atoms with E-state index in [1.165, 1.54) is 0 Å². The summed E-state index contributed by atoms with van der Waals surface area (Å²) in [4.78, 5) is -0.647. The maximum atomic E-state index is 13.8. The van der Waals surface area contributed by atoms with Gasteiger partial charge in [0, 0.05) is 19.0 Å². The topological polar surface area (TPSA) is 37.4 Å². The molecule has 20 heavy (non-hydrogen) atoms. The van der Waals surface area contributed by atoms with Crippen molar-refractivity contribution >= 4 is 21.6 Å². The first-order valence-corrected chi connectivity index (χ1v) is 8.39. The fourth-order valence-electron chi connectivity index (χ4n) is 1.80. The predicted octanol–water partition coefficient (Wildman–Crippen LogP) is 3.51. The number of hydrogen-bond acceptors (Lipinski definition) is 2. The van der Waals surface area contributed by atoms with E-state index in [0.717, 1.165) is 22.9 Å². The van der Waals surface area contributed by atoms with Crippen LogP contribution in [0.1, 0.15) is 32.3 Å². The first kappa shape index (κ1) is 17.3. The Hall–Kier alpha value is -0.720. The van der Waals surface area contributed by atoms with Crippen LogP contribution in [0.3, 0.4) is 0 Å². The van der Waals surface area contributed by atoms with E-state index in [-0.39, 0.29) is 24.5 Å². The van der Waals surface area contributed by atoms with Gasteiger partial charge in [-0.25, -0.2) is 17.2 Å². The highest BCUT2D eigenvalue weighted by molar-refractivity contribution is 7.89. The summed E-state index contributed by atoms with van der Waals surface area (Å²) in [5.74, 6) is -2.64. The Balaban J connectivity index is 3.29. The number of sulfonamides is 1. The first-order chi connectivity index (χ1) is 9.38. The van der Waals surface area contributed by atoms with Gasteiger partial charge in [-0.15, -0.1) is 11.6 Å². The van der Waals surface area contributed by atoms with Crippen LogP contribution < -0.4 is 0 Å². The van der Waals surface area contributed by atoms with Crippen molar-refractivity contribution in [1.82, 2.24) is 4.31 Å². The van der Waals surface area contributed by atoms with Gasteiger partial charge in [-0.05, 0) is 24.1 Å². The number of halogens is 3. The van der Waals surface area contributed by atoms with Crippen molar-refractivity contribution in [1.29, 1.82) is 0 Å². The SMILES string of the molecule is CCCCN(CC)S(=O)(=O)c1cc(CCl)cc(F)c1F. The Morgan fingerprint density at radius 3 is 2.40 bits per heavy atom. The zero-order valence-electron chi connectivity index (χ0n) is 11.5. The molecule has 1 aromatic carbocycles. The Morgan fingerprint density at radius 2 is 1.90 bits per heavy atom. The van der Waals surface area contributed by atoms with E-state index in [4.69, 9.17) is 11.6 Å². The van der Waals surface area contributed by atoms with Crippen LogP contribution in [0.5, 0.6) is 0 Å². The maximum absolute atomic E-state index is 13.8. The monoisotopic (exact) mass is 325 g/mol. The van der Waals surface area contributed by atoms with Crippen LogP contribution in [0.25, 0.3) is 0 Å². The van der Waals surface area contributed by atoms with Crippen LogP contribution in [0.2, 0.25) is 0 Å². The van der Waals surface area contributed by atoms with E-state index in [1.54, 1.807) is 6.92 Å². The molecule has 0 heterocycles. The molecule has 1 aromatic rings. The van der Waals surface area contributed by atoms with Crippen LogP contribution >= 0.6 is 11.6 Å². The number of hydrogen-bond donors (Lipinski definition) is 0. The van der Waals surface area contributed by atoms with E-state index in [0.29, 0.717) is 6.42 Å². The standard InChI is InChI=1S/C13H18ClF2NO2S/c1-3-5-6-17(4-2)20(18,19)12-8-10(9-14)7-11(15)13(12)16/h7-8H,3-6,9H2,1-2H3. The molecule has 0 N–H and O–H groups in total. The lowest BCUT2D eigenvalue weighted by atomic mass is 10.2. The van der Waals surface area contributed by atoms with E-state index < -0.39 is 26.6 Å². The van der Waals surface area contributed by atoms with E-state index in [1.807, 2.05) is 6.92 Å². The zero-order chi connectivity index (χ0) is 15.3. The van der Waals surface area contributed by atoms with Crippen LogP contribution in [-0.2, 0) is 15.9 Å². The fourth-order valence-corrected chi connectivity index (χ4v) is 3.57. The van der Waals surface area contributed by atoms with Crippen molar-refractivity contribution in [2.45, 2.75) is 37.5 Å². The quantitative estimate of drug-likeness (QED) is 0.719. The fraction of sp³-hybridized carbons (Fsp3) is 0.538. The van der Waals surface area contributed by atoms with Gasteiger partial charge in [-0.2, -0.15) is 4.31 Å². The van der Waals surface area contributed by atoms with Gasteiger partial charge in [0.1, 0.15) is 4.90 Å². The first-order valence-electron chi connectivity index (χ1n) is 6.42. The molecule has 0 saturated carbocycles. The molecule has 0 atom stereocenters. The largest absolute Gasteiger partial charge is 0.246 e. The molecule has 0 aliphatic carbocycles. The molecule has 0 radical (unpaired) electrons. The molecule has 0 aliphatic rings. The van der Waals surface area contributed by atoms with Crippen LogP contribution in [0, 0.1) is 11.6 Å². The average Bonchev–Trinajstić information content (AvgIpc) is 2.42. The molecule has 0 fully saturated rings. The van der Waals surface area contributed by atoms with Crippen molar-refractivity contribution < 1.29 is 17.2 Å². The van der Waals surface area contributed by atoms with E-state index in [9.17, 15) is 17.2 Å². The predicted molar refractivity (Wildman–Crippen MR) is 75.3 cm³/mol. The highest BCUT2D eigenvalue weighted by atomic mass is 35.5. The summed E-state index contributed by atoms with van der Waals surface area (Å²) in [6, 6.07) is 2.00. The summed E-state index contributed by atoms with van der Waals surface area (Å²) in [6.45, 7) is 4.07. The lowest BCUT2D eigenvalue weighted by Gasteiger charge is -2.21. The Labute approximate surface area is 123 Å². The number of benzene rings is 1. The Morgan fingerprint density at radius 1 is 1.25 bits per heavy atom. The molecule has 0 bridgehead atoms. The highest BCUT2D eigenvalue weighted by Gasteiger charge is 2.28. The summed E-state index contributed by atoms with van der Waals surface area (Å²) in [7, 11) is -4.05. The third-order valence-electron chi connectivity index (χ3n) is 2.94. The summed E-state index contributed by atoms with van der Waals surface area (Å²) < 4.78 is 53.2. The van der Waals surface area contributed by atoms with Gasteiger partial charge >= 0.3 is 0 Å². The van der Waals surface area contributed by atoms with Crippen molar-refractivity contribution in [3.8, 4) is 0 Å². The number of rotatable bonds is 7. The molecular formula is C13H18ClF2NO2S. The molecule has 3 nitrogen and oxygen atoms in total. The van der Waals surface area contributed by atoms with Crippen molar-refractivity contribution in [2.75, 3.05) is 13.1 Å². The second-order valence-corrected chi connectivity index (χ2v) is 6.55. The van der Waals surface area contributed by atoms with Crippen LogP contribution in [0.15, 0.2) is 17.0 Å². The second-order valence-electron chi connectivity index (χ2n) is 4.37. The minimum atomic E-state index is -4.05. The van der Waals surface area contributed by atoms with Crippen molar-refractivity contribution in [3.63, 3.8) is 0 Å². The van der Waals surface area contributed by atoms with Crippen LogP contribution in [-0.4, -0.2) is 25.8 Å². The summed E-state index contributed by atoms with van der Waals surface area (Å²) in [5, 5.41) is 0.